The van der Waals surface area contributed by atoms with Gasteiger partial charge in [-0.15, -0.1) is 0 Å². The standard InChI is InChI=1S/C14H9ClFN5S/c15-11-2-1-3-12(16)10(11)8-18-21-13(19-20-14(21)22)9-4-6-17-7-5-9/h1-8H,(H,20,22)/b18-8-. The van der Waals surface area contributed by atoms with Gasteiger partial charge in [0.2, 0.25) is 4.77 Å². The van der Waals surface area contributed by atoms with Gasteiger partial charge in [0.25, 0.3) is 0 Å². The summed E-state index contributed by atoms with van der Waals surface area (Å²) < 4.78 is 15.4. The fraction of sp³-hybridized carbons (Fsp3) is 0. The van der Waals surface area contributed by atoms with Crippen LogP contribution in [0.1, 0.15) is 5.56 Å². The molecule has 0 saturated carbocycles. The first-order chi connectivity index (χ1) is 10.7. The second-order valence-electron chi connectivity index (χ2n) is 4.28. The van der Waals surface area contributed by atoms with Crippen LogP contribution < -0.4 is 0 Å². The molecule has 0 radical (unpaired) electrons. The average molecular weight is 334 g/mol. The molecule has 110 valence electrons. The highest BCUT2D eigenvalue weighted by Crippen LogP contribution is 2.18. The van der Waals surface area contributed by atoms with Gasteiger partial charge in [-0.2, -0.15) is 14.9 Å². The van der Waals surface area contributed by atoms with Crippen LogP contribution in [0, 0.1) is 10.6 Å². The largest absolute Gasteiger partial charge is 0.265 e. The van der Waals surface area contributed by atoms with Crippen LogP contribution in [-0.2, 0) is 0 Å². The molecule has 8 heteroatoms. The molecular weight excluding hydrogens is 325 g/mol. The summed E-state index contributed by atoms with van der Waals surface area (Å²) in [5, 5.41) is 11.2. The Morgan fingerprint density at radius 3 is 2.77 bits per heavy atom. The SMILES string of the molecule is Fc1cccc(Cl)c1/C=N\n1c(-c2ccncc2)n[nH]c1=S. The minimum Gasteiger partial charge on any atom is -0.265 e. The van der Waals surface area contributed by atoms with E-state index in [0.717, 1.165) is 5.56 Å². The van der Waals surface area contributed by atoms with Gasteiger partial charge in [0, 0.05) is 23.5 Å². The lowest BCUT2D eigenvalue weighted by Crippen LogP contribution is -1.97. The maximum absolute atomic E-state index is 13.8. The number of pyridine rings is 1. The van der Waals surface area contributed by atoms with E-state index in [-0.39, 0.29) is 15.4 Å². The lowest BCUT2D eigenvalue weighted by Gasteiger charge is -2.02. The van der Waals surface area contributed by atoms with Crippen molar-refractivity contribution < 1.29 is 4.39 Å². The monoisotopic (exact) mass is 333 g/mol. The van der Waals surface area contributed by atoms with E-state index in [4.69, 9.17) is 23.8 Å². The van der Waals surface area contributed by atoms with Crippen molar-refractivity contribution in [2.24, 2.45) is 5.10 Å². The summed E-state index contributed by atoms with van der Waals surface area (Å²) in [6.45, 7) is 0. The van der Waals surface area contributed by atoms with E-state index in [1.165, 1.54) is 23.0 Å². The molecule has 0 aliphatic rings. The first kappa shape index (κ1) is 14.6. The number of nitrogens with one attached hydrogen (secondary N) is 1. The van der Waals surface area contributed by atoms with E-state index in [1.807, 2.05) is 0 Å². The zero-order valence-corrected chi connectivity index (χ0v) is 12.6. The number of halogens is 2. The highest BCUT2D eigenvalue weighted by Gasteiger charge is 2.09. The molecule has 0 aliphatic heterocycles. The van der Waals surface area contributed by atoms with Gasteiger partial charge in [0.1, 0.15) is 5.82 Å². The first-order valence-corrected chi connectivity index (χ1v) is 7.01. The summed E-state index contributed by atoms with van der Waals surface area (Å²) in [6.07, 6.45) is 4.58. The van der Waals surface area contributed by atoms with Crippen molar-refractivity contribution in [3.63, 3.8) is 0 Å². The summed E-state index contributed by atoms with van der Waals surface area (Å²) in [5.74, 6) is 0.0350. The molecule has 5 nitrogen and oxygen atoms in total. The van der Waals surface area contributed by atoms with Gasteiger partial charge in [0.05, 0.1) is 11.2 Å². The summed E-state index contributed by atoms with van der Waals surface area (Å²) in [7, 11) is 0. The van der Waals surface area contributed by atoms with Crippen molar-refractivity contribution in [2.75, 3.05) is 0 Å². The lowest BCUT2D eigenvalue weighted by atomic mass is 10.2. The first-order valence-electron chi connectivity index (χ1n) is 6.23. The molecule has 0 spiro atoms. The number of rotatable bonds is 3. The minimum atomic E-state index is -0.461. The fourth-order valence-electron chi connectivity index (χ4n) is 1.84. The predicted molar refractivity (Wildman–Crippen MR) is 85.0 cm³/mol. The Bertz CT molecular complexity index is 867. The van der Waals surface area contributed by atoms with Gasteiger partial charge in [-0.05, 0) is 36.5 Å². The van der Waals surface area contributed by atoms with Crippen LogP contribution >= 0.6 is 23.8 Å². The van der Waals surface area contributed by atoms with E-state index < -0.39 is 5.82 Å². The van der Waals surface area contributed by atoms with Gasteiger partial charge in [-0.3, -0.25) is 4.98 Å². The van der Waals surface area contributed by atoms with E-state index in [0.29, 0.717) is 5.82 Å². The van der Waals surface area contributed by atoms with Crippen molar-refractivity contribution in [2.45, 2.75) is 0 Å². The third-order valence-corrected chi connectivity index (χ3v) is 3.48. The molecule has 0 unspecified atom stereocenters. The van der Waals surface area contributed by atoms with Crippen LogP contribution in [-0.4, -0.2) is 26.1 Å². The number of H-pyrrole nitrogens is 1. The highest BCUT2D eigenvalue weighted by atomic mass is 35.5. The van der Waals surface area contributed by atoms with Crippen LogP contribution in [0.4, 0.5) is 4.39 Å². The Kier molecular flexibility index (Phi) is 4.08. The molecule has 22 heavy (non-hydrogen) atoms. The van der Waals surface area contributed by atoms with Gasteiger partial charge >= 0.3 is 0 Å². The number of benzene rings is 1. The van der Waals surface area contributed by atoms with E-state index >= 15 is 0 Å². The van der Waals surface area contributed by atoms with E-state index in [1.54, 1.807) is 30.6 Å². The molecule has 2 aromatic heterocycles. The molecule has 3 rings (SSSR count). The van der Waals surface area contributed by atoms with Crippen LogP contribution in [0.2, 0.25) is 5.02 Å². The maximum atomic E-state index is 13.8. The van der Waals surface area contributed by atoms with Crippen LogP contribution in [0.25, 0.3) is 11.4 Å². The molecule has 0 atom stereocenters. The number of hydrogen-bond acceptors (Lipinski definition) is 4. The van der Waals surface area contributed by atoms with Gasteiger partial charge in [-0.1, -0.05) is 17.7 Å². The van der Waals surface area contributed by atoms with Crippen molar-refractivity contribution in [3.05, 3.63) is 63.9 Å². The summed E-state index contributed by atoms with van der Waals surface area (Å²) in [5.41, 5.74) is 0.965. The highest BCUT2D eigenvalue weighted by molar-refractivity contribution is 7.71. The zero-order valence-electron chi connectivity index (χ0n) is 11.1. The topological polar surface area (TPSA) is 58.9 Å². The van der Waals surface area contributed by atoms with Crippen LogP contribution in [0.5, 0.6) is 0 Å². The molecular formula is C14H9ClFN5S. The molecule has 0 amide bonds. The summed E-state index contributed by atoms with van der Waals surface area (Å²) >= 11 is 11.1. The zero-order chi connectivity index (χ0) is 15.5. The van der Waals surface area contributed by atoms with Crippen molar-refractivity contribution in [1.82, 2.24) is 19.9 Å². The molecule has 0 bridgehead atoms. The molecule has 0 saturated heterocycles. The second kappa shape index (κ2) is 6.17. The lowest BCUT2D eigenvalue weighted by molar-refractivity contribution is 0.625. The van der Waals surface area contributed by atoms with Gasteiger partial charge in [-0.25, -0.2) is 9.49 Å². The molecule has 1 aromatic carbocycles. The third kappa shape index (κ3) is 2.81. The predicted octanol–water partition coefficient (Wildman–Crippen LogP) is 3.68. The van der Waals surface area contributed by atoms with Gasteiger partial charge in [0.15, 0.2) is 5.82 Å². The second-order valence-corrected chi connectivity index (χ2v) is 5.07. The fourth-order valence-corrected chi connectivity index (χ4v) is 2.23. The van der Waals surface area contributed by atoms with E-state index in [2.05, 4.69) is 20.3 Å². The van der Waals surface area contributed by atoms with Crippen molar-refractivity contribution >= 4 is 30.0 Å². The van der Waals surface area contributed by atoms with Gasteiger partial charge < -0.3 is 0 Å². The smallest absolute Gasteiger partial charge is 0.216 e. The number of aromatic nitrogens is 4. The minimum absolute atomic E-state index is 0.188. The Balaban J connectivity index is 2.05. The summed E-state index contributed by atoms with van der Waals surface area (Å²) in [6, 6.07) is 7.97. The quantitative estimate of drug-likeness (QED) is 0.587. The van der Waals surface area contributed by atoms with Crippen molar-refractivity contribution in [1.29, 1.82) is 0 Å². The van der Waals surface area contributed by atoms with E-state index in [9.17, 15) is 4.39 Å². The molecule has 0 aliphatic carbocycles. The maximum Gasteiger partial charge on any atom is 0.216 e. The molecule has 0 fully saturated rings. The Morgan fingerprint density at radius 2 is 2.05 bits per heavy atom. The normalized spacial score (nSPS) is 11.2. The molecule has 3 aromatic rings. The molecule has 1 N–H and O–H groups in total. The van der Waals surface area contributed by atoms with Crippen LogP contribution in [0.3, 0.4) is 0 Å². The third-order valence-electron chi connectivity index (χ3n) is 2.89. The summed E-state index contributed by atoms with van der Waals surface area (Å²) in [4.78, 5) is 3.95. The van der Waals surface area contributed by atoms with Crippen LogP contribution in [0.15, 0.2) is 47.8 Å². The van der Waals surface area contributed by atoms with Crippen molar-refractivity contribution in [3.8, 4) is 11.4 Å². The Hall–Kier alpha value is -2.38. The Labute approximate surface area is 135 Å². The molecule has 2 heterocycles. The number of aromatic amines is 1. The number of nitrogens with zero attached hydrogens (tertiary/aromatic N) is 4. The number of hydrogen-bond donors (Lipinski definition) is 1. The Morgan fingerprint density at radius 1 is 1.27 bits per heavy atom. The average Bonchev–Trinajstić information content (AvgIpc) is 2.89.